The summed E-state index contributed by atoms with van der Waals surface area (Å²) in [6.45, 7) is 4.18. The van der Waals surface area contributed by atoms with Crippen LogP contribution in [0.1, 0.15) is 66.8 Å². The van der Waals surface area contributed by atoms with Gasteiger partial charge >= 0.3 is 5.97 Å². The molecule has 3 N–H and O–H groups in total. The molecule has 3 aliphatic rings. The molecule has 3 atom stereocenters. The highest BCUT2D eigenvalue weighted by atomic mass is 16.7. The molecule has 0 aliphatic carbocycles. The fourth-order valence-electron chi connectivity index (χ4n) is 6.42. The van der Waals surface area contributed by atoms with Crippen molar-refractivity contribution in [1.82, 2.24) is 10.2 Å². The van der Waals surface area contributed by atoms with Gasteiger partial charge in [0, 0.05) is 57.4 Å². The summed E-state index contributed by atoms with van der Waals surface area (Å²) >= 11 is 0. The van der Waals surface area contributed by atoms with Gasteiger partial charge in [-0.3, -0.25) is 9.59 Å². The minimum atomic E-state index is -0.992. The predicted molar refractivity (Wildman–Crippen MR) is 169 cm³/mol. The van der Waals surface area contributed by atoms with Crippen molar-refractivity contribution >= 4 is 11.9 Å². The van der Waals surface area contributed by atoms with E-state index < -0.39 is 18.0 Å². The zero-order chi connectivity index (χ0) is 31.9. The molecule has 46 heavy (non-hydrogen) atoms. The van der Waals surface area contributed by atoms with Gasteiger partial charge in [-0.1, -0.05) is 60.7 Å². The molecule has 1 amide bonds. The van der Waals surface area contributed by atoms with E-state index in [9.17, 15) is 14.7 Å². The van der Waals surface area contributed by atoms with E-state index >= 15 is 0 Å². The van der Waals surface area contributed by atoms with Gasteiger partial charge in [-0.15, -0.1) is 0 Å². The molecule has 1 spiro atoms. The lowest BCUT2D eigenvalue weighted by atomic mass is 9.97. The Morgan fingerprint density at radius 3 is 2.28 bits per heavy atom. The summed E-state index contributed by atoms with van der Waals surface area (Å²) in [5.74, 6) is -1.70. The molecule has 3 heterocycles. The number of nitrogens with one attached hydrogen (secondary N) is 1. The van der Waals surface area contributed by atoms with Gasteiger partial charge in [-0.25, -0.2) is 0 Å². The van der Waals surface area contributed by atoms with Crippen LogP contribution in [0.4, 0.5) is 0 Å². The highest BCUT2D eigenvalue weighted by molar-refractivity contribution is 5.80. The second-order valence-corrected chi connectivity index (χ2v) is 12.3. The largest absolute Gasteiger partial charge is 0.481 e. The van der Waals surface area contributed by atoms with Crippen molar-refractivity contribution in [3.8, 4) is 11.1 Å². The SMILES string of the molecule is O=C(O)CCC(=O)NCc1cccc(-c2cccc([C@@H]3O[C@H](CN4CCC5(CC4)OCCO5)C[C@H](c4ccc(CO)cc4)O3)c2)c1. The van der Waals surface area contributed by atoms with Crippen LogP contribution in [0.15, 0.2) is 72.8 Å². The van der Waals surface area contributed by atoms with Crippen molar-refractivity contribution in [3.63, 3.8) is 0 Å². The summed E-state index contributed by atoms with van der Waals surface area (Å²) in [6, 6.07) is 24.0. The van der Waals surface area contributed by atoms with Gasteiger partial charge < -0.3 is 39.4 Å². The van der Waals surface area contributed by atoms with Crippen LogP contribution in [0.25, 0.3) is 11.1 Å². The Morgan fingerprint density at radius 1 is 0.848 bits per heavy atom. The van der Waals surface area contributed by atoms with Gasteiger partial charge in [0.15, 0.2) is 12.1 Å². The van der Waals surface area contributed by atoms with Crippen LogP contribution in [0, 0.1) is 0 Å². The van der Waals surface area contributed by atoms with Gasteiger partial charge in [0.1, 0.15) is 0 Å². The number of benzene rings is 3. The number of aliphatic hydroxyl groups excluding tert-OH is 1. The molecule has 3 aromatic rings. The van der Waals surface area contributed by atoms with Crippen molar-refractivity contribution in [2.24, 2.45) is 0 Å². The molecule has 10 nitrogen and oxygen atoms in total. The van der Waals surface area contributed by atoms with Gasteiger partial charge in [0.05, 0.1) is 38.4 Å². The predicted octanol–water partition coefficient (Wildman–Crippen LogP) is 4.71. The number of hydrogen-bond acceptors (Lipinski definition) is 8. The van der Waals surface area contributed by atoms with E-state index in [0.29, 0.717) is 26.2 Å². The average Bonchev–Trinajstić information content (AvgIpc) is 3.55. The molecular formula is C36H42N2O8. The zero-order valence-corrected chi connectivity index (χ0v) is 25.9. The van der Waals surface area contributed by atoms with E-state index in [0.717, 1.165) is 65.9 Å². The van der Waals surface area contributed by atoms with Crippen LogP contribution < -0.4 is 5.32 Å². The first-order chi connectivity index (χ1) is 22.4. The number of hydrogen-bond donors (Lipinski definition) is 3. The molecular weight excluding hydrogens is 588 g/mol. The van der Waals surface area contributed by atoms with E-state index in [4.69, 9.17) is 24.1 Å². The van der Waals surface area contributed by atoms with Crippen molar-refractivity contribution < 1.29 is 38.7 Å². The fraction of sp³-hybridized carbons (Fsp3) is 0.444. The molecule has 0 aromatic heterocycles. The number of carboxylic acid groups (broad SMARTS) is 1. The molecule has 3 aliphatic heterocycles. The quantitative estimate of drug-likeness (QED) is 0.276. The van der Waals surface area contributed by atoms with Crippen LogP contribution in [0.5, 0.6) is 0 Å². The third-order valence-corrected chi connectivity index (χ3v) is 8.98. The van der Waals surface area contributed by atoms with Gasteiger partial charge in [0.25, 0.3) is 0 Å². The number of rotatable bonds is 11. The third kappa shape index (κ3) is 8.19. The summed E-state index contributed by atoms with van der Waals surface area (Å²) in [7, 11) is 0. The first-order valence-electron chi connectivity index (χ1n) is 16.1. The molecule has 3 saturated heterocycles. The second-order valence-electron chi connectivity index (χ2n) is 12.3. The van der Waals surface area contributed by atoms with E-state index in [1.54, 1.807) is 0 Å². The molecule has 0 saturated carbocycles. The van der Waals surface area contributed by atoms with Gasteiger partial charge in [-0.05, 0) is 39.9 Å². The van der Waals surface area contributed by atoms with Crippen LogP contribution in [0.2, 0.25) is 0 Å². The molecule has 0 bridgehead atoms. The molecule has 3 aromatic carbocycles. The third-order valence-electron chi connectivity index (χ3n) is 8.98. The van der Waals surface area contributed by atoms with E-state index in [1.165, 1.54) is 0 Å². The lowest BCUT2D eigenvalue weighted by Gasteiger charge is -2.41. The maximum Gasteiger partial charge on any atom is 0.303 e. The Bertz CT molecular complexity index is 1480. The summed E-state index contributed by atoms with van der Waals surface area (Å²) < 4.78 is 25.1. The summed E-state index contributed by atoms with van der Waals surface area (Å²) in [5.41, 5.74) is 5.72. The normalized spacial score (nSPS) is 22.9. The number of aliphatic carboxylic acids is 1. The topological polar surface area (TPSA) is 127 Å². The minimum absolute atomic E-state index is 0.00483. The monoisotopic (exact) mass is 630 g/mol. The van der Waals surface area contributed by atoms with Crippen LogP contribution in [-0.2, 0) is 41.7 Å². The minimum Gasteiger partial charge on any atom is -0.481 e. The number of carbonyl (C=O) groups excluding carboxylic acids is 1. The van der Waals surface area contributed by atoms with Crippen LogP contribution in [0.3, 0.4) is 0 Å². The maximum atomic E-state index is 12.0. The molecule has 0 unspecified atom stereocenters. The molecule has 10 heteroatoms. The fourth-order valence-corrected chi connectivity index (χ4v) is 6.42. The lowest BCUT2D eigenvalue weighted by molar-refractivity contribution is -0.255. The number of ether oxygens (including phenoxy) is 4. The molecule has 244 valence electrons. The number of likely N-dealkylation sites (tertiary alicyclic amines) is 1. The Labute approximate surface area is 269 Å². The number of carbonyl (C=O) groups is 2. The van der Waals surface area contributed by atoms with Crippen molar-refractivity contribution in [1.29, 1.82) is 0 Å². The first kappa shape index (κ1) is 32.3. The number of carboxylic acids is 1. The van der Waals surface area contributed by atoms with Crippen LogP contribution in [-0.4, -0.2) is 71.7 Å². The first-order valence-corrected chi connectivity index (χ1v) is 16.1. The lowest BCUT2D eigenvalue weighted by Crippen LogP contribution is -2.48. The Hall–Kier alpha value is -3.64. The van der Waals surface area contributed by atoms with E-state index in [1.807, 2.05) is 66.7 Å². The summed E-state index contributed by atoms with van der Waals surface area (Å²) in [6.07, 6.45) is 1.36. The Morgan fingerprint density at radius 2 is 1.57 bits per heavy atom. The highest BCUT2D eigenvalue weighted by Gasteiger charge is 2.41. The van der Waals surface area contributed by atoms with E-state index in [2.05, 4.69) is 16.3 Å². The smallest absolute Gasteiger partial charge is 0.303 e. The van der Waals surface area contributed by atoms with Crippen molar-refractivity contribution in [2.45, 2.75) is 69.5 Å². The Kier molecular flexibility index (Phi) is 10.4. The summed E-state index contributed by atoms with van der Waals surface area (Å²) in [4.78, 5) is 25.2. The highest BCUT2D eigenvalue weighted by Crippen LogP contribution is 2.40. The zero-order valence-electron chi connectivity index (χ0n) is 25.9. The molecule has 3 fully saturated rings. The van der Waals surface area contributed by atoms with Gasteiger partial charge in [-0.2, -0.15) is 0 Å². The van der Waals surface area contributed by atoms with E-state index in [-0.39, 0.29) is 37.6 Å². The number of nitrogens with zero attached hydrogens (tertiary/aromatic N) is 1. The van der Waals surface area contributed by atoms with Gasteiger partial charge in [0.2, 0.25) is 5.91 Å². The standard InChI is InChI=1S/C36H42N2O8/c39-24-25-7-9-27(10-8-25)32-21-31(23-38-15-13-36(14-16-38)43-17-18-44-36)45-35(46-32)30-6-2-5-29(20-30)28-4-1-3-26(19-28)22-37-33(40)11-12-34(41)42/h1-10,19-20,31-32,35,39H,11-18,21-24H2,(H,37,40)(H,41,42)/t31-,32+,35+/m0/s1. The number of aliphatic hydroxyl groups is 1. The number of amides is 1. The average molecular weight is 631 g/mol. The molecule has 0 radical (unpaired) electrons. The second kappa shape index (κ2) is 14.8. The molecule has 6 rings (SSSR count). The summed E-state index contributed by atoms with van der Waals surface area (Å²) in [5, 5.41) is 21.2. The van der Waals surface area contributed by atoms with Crippen LogP contribution >= 0.6 is 0 Å². The van der Waals surface area contributed by atoms with Crippen molar-refractivity contribution in [3.05, 3.63) is 95.1 Å². The van der Waals surface area contributed by atoms with Crippen molar-refractivity contribution in [2.75, 3.05) is 32.8 Å². The number of piperidine rings is 1. The maximum absolute atomic E-state index is 12.0. The Balaban J connectivity index is 1.17.